The van der Waals surface area contributed by atoms with Gasteiger partial charge in [0.05, 0.1) is 12.2 Å². The molecule has 0 radical (unpaired) electrons. The lowest BCUT2D eigenvalue weighted by Gasteiger charge is -2.03. The van der Waals surface area contributed by atoms with Gasteiger partial charge in [-0.15, -0.1) is 0 Å². The second-order valence-corrected chi connectivity index (χ2v) is 2.84. The standard InChI is InChI=1S/C9H9N5O/c15-9(14-5-4-10-7-14)11-6-8-2-1-3-12-13-8/h1-5,7H,6H2,(H,11,15). The zero-order chi connectivity index (χ0) is 10.5. The van der Waals surface area contributed by atoms with Crippen molar-refractivity contribution in [1.29, 1.82) is 0 Å². The predicted octanol–water partition coefficient (Wildman–Crippen LogP) is 0.431. The van der Waals surface area contributed by atoms with Gasteiger partial charge in [-0.05, 0) is 12.1 Å². The fourth-order valence-electron chi connectivity index (χ4n) is 1.06. The smallest absolute Gasteiger partial charge is 0.327 e. The number of nitrogens with zero attached hydrogens (tertiary/aromatic N) is 4. The molecule has 0 aliphatic heterocycles. The van der Waals surface area contributed by atoms with E-state index in [1.54, 1.807) is 30.7 Å². The van der Waals surface area contributed by atoms with Crippen molar-refractivity contribution in [1.82, 2.24) is 25.1 Å². The van der Waals surface area contributed by atoms with E-state index < -0.39 is 0 Å². The van der Waals surface area contributed by atoms with Crippen LogP contribution in [0.25, 0.3) is 0 Å². The first-order valence-corrected chi connectivity index (χ1v) is 4.39. The quantitative estimate of drug-likeness (QED) is 0.768. The third kappa shape index (κ3) is 2.37. The van der Waals surface area contributed by atoms with E-state index in [0.29, 0.717) is 12.2 Å². The van der Waals surface area contributed by atoms with Gasteiger partial charge in [0.15, 0.2) is 0 Å². The van der Waals surface area contributed by atoms with Gasteiger partial charge in [0.25, 0.3) is 0 Å². The molecule has 0 saturated carbocycles. The van der Waals surface area contributed by atoms with Crippen molar-refractivity contribution in [2.75, 3.05) is 0 Å². The first-order chi connectivity index (χ1) is 7.36. The second-order valence-electron chi connectivity index (χ2n) is 2.84. The predicted molar refractivity (Wildman–Crippen MR) is 51.9 cm³/mol. The van der Waals surface area contributed by atoms with Gasteiger partial charge in [-0.2, -0.15) is 10.2 Å². The second kappa shape index (κ2) is 4.32. The molecular formula is C9H9N5O. The highest BCUT2D eigenvalue weighted by atomic mass is 16.2. The number of nitrogens with one attached hydrogen (secondary N) is 1. The molecule has 2 aromatic rings. The highest BCUT2D eigenvalue weighted by Gasteiger charge is 2.02. The molecule has 0 bridgehead atoms. The normalized spacial score (nSPS) is 9.87. The summed E-state index contributed by atoms with van der Waals surface area (Å²) in [6, 6.07) is 3.32. The zero-order valence-corrected chi connectivity index (χ0v) is 7.87. The average Bonchev–Trinajstić information content (AvgIpc) is 2.81. The summed E-state index contributed by atoms with van der Waals surface area (Å²) in [6.07, 6.45) is 6.14. The van der Waals surface area contributed by atoms with Crippen LogP contribution in [0.15, 0.2) is 37.1 Å². The van der Waals surface area contributed by atoms with E-state index in [0.717, 1.165) is 0 Å². The summed E-state index contributed by atoms with van der Waals surface area (Å²) in [5.74, 6) is 0. The van der Waals surface area contributed by atoms with Gasteiger partial charge >= 0.3 is 6.03 Å². The minimum atomic E-state index is -0.238. The van der Waals surface area contributed by atoms with Crippen LogP contribution in [0.2, 0.25) is 0 Å². The summed E-state index contributed by atoms with van der Waals surface area (Å²) in [7, 11) is 0. The highest BCUT2D eigenvalue weighted by molar-refractivity contribution is 5.76. The Labute approximate surface area is 86.0 Å². The Morgan fingerprint density at radius 1 is 1.47 bits per heavy atom. The third-order valence-corrected chi connectivity index (χ3v) is 1.79. The Morgan fingerprint density at radius 3 is 3.07 bits per heavy atom. The Bertz CT molecular complexity index is 425. The van der Waals surface area contributed by atoms with Crippen molar-refractivity contribution in [2.45, 2.75) is 6.54 Å². The molecule has 0 atom stereocenters. The van der Waals surface area contributed by atoms with Crippen LogP contribution in [0.3, 0.4) is 0 Å². The van der Waals surface area contributed by atoms with Gasteiger partial charge in [0, 0.05) is 18.6 Å². The van der Waals surface area contributed by atoms with E-state index in [2.05, 4.69) is 20.5 Å². The fourth-order valence-corrected chi connectivity index (χ4v) is 1.06. The summed E-state index contributed by atoms with van der Waals surface area (Å²) >= 11 is 0. The number of carbonyl (C=O) groups excluding carboxylic acids is 1. The molecule has 76 valence electrons. The average molecular weight is 203 g/mol. The van der Waals surface area contributed by atoms with Crippen molar-refractivity contribution in [2.24, 2.45) is 0 Å². The molecule has 6 nitrogen and oxygen atoms in total. The molecule has 0 fully saturated rings. The Balaban J connectivity index is 1.92. The topological polar surface area (TPSA) is 72.7 Å². The number of carbonyl (C=O) groups is 1. The molecule has 0 saturated heterocycles. The highest BCUT2D eigenvalue weighted by Crippen LogP contribution is 1.91. The molecule has 2 heterocycles. The number of hydrogen-bond donors (Lipinski definition) is 1. The van der Waals surface area contributed by atoms with Crippen LogP contribution >= 0.6 is 0 Å². The van der Waals surface area contributed by atoms with Gasteiger partial charge < -0.3 is 5.32 Å². The van der Waals surface area contributed by atoms with Crippen LogP contribution in [-0.4, -0.2) is 25.8 Å². The summed E-state index contributed by atoms with van der Waals surface area (Å²) < 4.78 is 1.36. The molecule has 6 heteroatoms. The first-order valence-electron chi connectivity index (χ1n) is 4.39. The molecule has 2 aromatic heterocycles. The van der Waals surface area contributed by atoms with Crippen molar-refractivity contribution < 1.29 is 4.79 Å². The lowest BCUT2D eigenvalue weighted by molar-refractivity contribution is 0.242. The molecule has 0 spiro atoms. The monoisotopic (exact) mass is 203 g/mol. The van der Waals surface area contributed by atoms with Crippen LogP contribution in [-0.2, 0) is 6.54 Å². The minimum Gasteiger partial charge on any atom is -0.332 e. The SMILES string of the molecule is O=C(NCc1cccnn1)n1ccnc1. The summed E-state index contributed by atoms with van der Waals surface area (Å²) in [5, 5.41) is 10.2. The van der Waals surface area contributed by atoms with Gasteiger partial charge in [0.1, 0.15) is 6.33 Å². The summed E-state index contributed by atoms with van der Waals surface area (Å²) in [5.41, 5.74) is 0.714. The number of amides is 1. The molecule has 2 rings (SSSR count). The van der Waals surface area contributed by atoms with E-state index in [-0.39, 0.29) is 6.03 Å². The van der Waals surface area contributed by atoms with Crippen molar-refractivity contribution in [3.8, 4) is 0 Å². The third-order valence-electron chi connectivity index (χ3n) is 1.79. The molecule has 0 unspecified atom stereocenters. The molecule has 1 N–H and O–H groups in total. The van der Waals surface area contributed by atoms with E-state index in [1.165, 1.54) is 10.9 Å². The van der Waals surface area contributed by atoms with Crippen LogP contribution in [0, 0.1) is 0 Å². The van der Waals surface area contributed by atoms with E-state index in [9.17, 15) is 4.79 Å². The number of imidazole rings is 1. The van der Waals surface area contributed by atoms with Crippen LogP contribution in [0.5, 0.6) is 0 Å². The lowest BCUT2D eigenvalue weighted by Crippen LogP contribution is -2.27. The van der Waals surface area contributed by atoms with E-state index >= 15 is 0 Å². The first kappa shape index (κ1) is 9.32. The Morgan fingerprint density at radius 2 is 2.40 bits per heavy atom. The number of aromatic nitrogens is 4. The van der Waals surface area contributed by atoms with Crippen LogP contribution in [0.1, 0.15) is 5.69 Å². The molecule has 0 aromatic carbocycles. The zero-order valence-electron chi connectivity index (χ0n) is 7.87. The maximum absolute atomic E-state index is 11.4. The molecule has 1 amide bonds. The Hall–Kier alpha value is -2.24. The number of hydrogen-bond acceptors (Lipinski definition) is 4. The molecule has 0 aliphatic rings. The van der Waals surface area contributed by atoms with Gasteiger partial charge in [0.2, 0.25) is 0 Å². The summed E-state index contributed by atoms with van der Waals surface area (Å²) in [6.45, 7) is 0.352. The van der Waals surface area contributed by atoms with E-state index in [1.807, 2.05) is 0 Å². The number of rotatable bonds is 2. The van der Waals surface area contributed by atoms with Gasteiger partial charge in [-0.3, -0.25) is 4.57 Å². The maximum atomic E-state index is 11.4. The lowest BCUT2D eigenvalue weighted by atomic mass is 10.4. The van der Waals surface area contributed by atoms with Gasteiger partial charge in [-0.1, -0.05) is 0 Å². The molecular weight excluding hydrogens is 194 g/mol. The van der Waals surface area contributed by atoms with Crippen LogP contribution < -0.4 is 5.32 Å². The van der Waals surface area contributed by atoms with Crippen LogP contribution in [0.4, 0.5) is 4.79 Å². The minimum absolute atomic E-state index is 0.238. The molecule has 15 heavy (non-hydrogen) atoms. The maximum Gasteiger partial charge on any atom is 0.327 e. The van der Waals surface area contributed by atoms with Crippen molar-refractivity contribution in [3.63, 3.8) is 0 Å². The summed E-state index contributed by atoms with van der Waals surface area (Å²) in [4.78, 5) is 15.2. The largest absolute Gasteiger partial charge is 0.332 e. The van der Waals surface area contributed by atoms with Crippen molar-refractivity contribution in [3.05, 3.63) is 42.7 Å². The van der Waals surface area contributed by atoms with E-state index in [4.69, 9.17) is 0 Å². The van der Waals surface area contributed by atoms with Gasteiger partial charge in [-0.25, -0.2) is 9.78 Å². The van der Waals surface area contributed by atoms with Crippen molar-refractivity contribution >= 4 is 6.03 Å². The molecule has 0 aliphatic carbocycles. The Kier molecular flexibility index (Phi) is 2.68. The fraction of sp³-hybridized carbons (Fsp3) is 0.111.